The highest BCUT2D eigenvalue weighted by molar-refractivity contribution is 5.05. The van der Waals surface area contributed by atoms with E-state index in [1.54, 1.807) is 13.0 Å². The van der Waals surface area contributed by atoms with Gasteiger partial charge in [-0.15, -0.1) is 0 Å². The molecule has 0 saturated carbocycles. The molecule has 0 unspecified atom stereocenters. The van der Waals surface area contributed by atoms with Crippen molar-refractivity contribution in [3.8, 4) is 0 Å². The van der Waals surface area contributed by atoms with E-state index in [-0.39, 0.29) is 0 Å². The molecule has 1 fully saturated rings. The lowest BCUT2D eigenvalue weighted by molar-refractivity contribution is -0.204. The Morgan fingerprint density at radius 3 is 2.14 bits per heavy atom. The van der Waals surface area contributed by atoms with Crippen LogP contribution in [-0.2, 0) is 4.74 Å². The van der Waals surface area contributed by atoms with E-state index in [1.807, 2.05) is 13.8 Å². The Labute approximate surface area is 83.8 Å². The van der Waals surface area contributed by atoms with E-state index in [0.717, 1.165) is 5.57 Å². The third kappa shape index (κ3) is 2.33. The fraction of sp³-hybridized carbons (Fsp3) is 0.800. The van der Waals surface area contributed by atoms with Crippen LogP contribution in [0.5, 0.6) is 0 Å². The number of aliphatic hydroxyl groups is 3. The smallest absolute Gasteiger partial charge is 0.112 e. The highest BCUT2D eigenvalue weighted by atomic mass is 16.5. The number of ether oxygens (including phenoxy) is 1. The third-order valence-corrected chi connectivity index (χ3v) is 2.39. The molecule has 0 aromatic carbocycles. The molecule has 1 aliphatic heterocycles. The lowest BCUT2D eigenvalue weighted by atomic mass is 9.95. The van der Waals surface area contributed by atoms with Crippen LogP contribution >= 0.6 is 0 Å². The number of rotatable bonds is 1. The van der Waals surface area contributed by atoms with Gasteiger partial charge in [0.25, 0.3) is 0 Å². The van der Waals surface area contributed by atoms with Crippen molar-refractivity contribution in [2.45, 2.75) is 51.3 Å². The van der Waals surface area contributed by atoms with Crippen LogP contribution in [0.1, 0.15) is 20.8 Å². The molecule has 4 nitrogen and oxygen atoms in total. The van der Waals surface area contributed by atoms with Gasteiger partial charge in [-0.05, 0) is 20.8 Å². The second kappa shape index (κ2) is 4.40. The van der Waals surface area contributed by atoms with Crippen molar-refractivity contribution in [2.24, 2.45) is 0 Å². The molecule has 3 N–H and O–H groups in total. The van der Waals surface area contributed by atoms with Gasteiger partial charge >= 0.3 is 0 Å². The van der Waals surface area contributed by atoms with Crippen LogP contribution < -0.4 is 0 Å². The summed E-state index contributed by atoms with van der Waals surface area (Å²) in [5, 5.41) is 28.5. The first-order valence-electron chi connectivity index (χ1n) is 4.78. The summed E-state index contributed by atoms with van der Waals surface area (Å²) in [6.45, 7) is 5.45. The molecular formula is C10H18O4. The minimum atomic E-state index is -1.14. The summed E-state index contributed by atoms with van der Waals surface area (Å²) >= 11 is 0. The summed E-state index contributed by atoms with van der Waals surface area (Å²) in [7, 11) is 0. The van der Waals surface area contributed by atoms with Crippen LogP contribution in [0.25, 0.3) is 0 Å². The molecule has 0 aromatic heterocycles. The maximum atomic E-state index is 9.59. The van der Waals surface area contributed by atoms with Crippen molar-refractivity contribution in [3.63, 3.8) is 0 Å². The zero-order valence-electron chi connectivity index (χ0n) is 8.71. The Balaban J connectivity index is 2.75. The molecule has 0 spiro atoms. The van der Waals surface area contributed by atoms with Crippen molar-refractivity contribution in [3.05, 3.63) is 11.6 Å². The van der Waals surface area contributed by atoms with Gasteiger partial charge in [0.15, 0.2) is 0 Å². The first-order valence-corrected chi connectivity index (χ1v) is 4.78. The van der Waals surface area contributed by atoms with Gasteiger partial charge in [-0.2, -0.15) is 0 Å². The zero-order chi connectivity index (χ0) is 10.9. The Bertz CT molecular complexity index is 222. The Hall–Kier alpha value is -0.420. The number of hydrogen-bond donors (Lipinski definition) is 3. The lowest BCUT2D eigenvalue weighted by Gasteiger charge is -2.38. The lowest BCUT2D eigenvalue weighted by Crippen LogP contribution is -2.55. The van der Waals surface area contributed by atoms with E-state index in [2.05, 4.69) is 0 Å². The zero-order valence-corrected chi connectivity index (χ0v) is 8.71. The number of aliphatic hydroxyl groups excluding tert-OH is 3. The highest BCUT2D eigenvalue weighted by Crippen LogP contribution is 2.22. The third-order valence-electron chi connectivity index (χ3n) is 2.39. The van der Waals surface area contributed by atoms with Gasteiger partial charge in [-0.3, -0.25) is 0 Å². The van der Waals surface area contributed by atoms with Gasteiger partial charge in [-0.1, -0.05) is 11.6 Å². The topological polar surface area (TPSA) is 69.9 Å². The average Bonchev–Trinajstić information content (AvgIpc) is 2.10. The Morgan fingerprint density at radius 1 is 1.07 bits per heavy atom. The van der Waals surface area contributed by atoms with Gasteiger partial charge in [-0.25, -0.2) is 0 Å². The SMILES string of the molecule is CC(C)=C[C@@H]1O[C@@H](C)[C@H](O)[C@@H](O)[C@H]1O. The first kappa shape index (κ1) is 11.7. The molecule has 5 atom stereocenters. The fourth-order valence-electron chi connectivity index (χ4n) is 1.55. The molecule has 0 aliphatic carbocycles. The maximum absolute atomic E-state index is 9.59. The molecule has 0 radical (unpaired) electrons. The molecule has 0 bridgehead atoms. The van der Waals surface area contributed by atoms with Gasteiger partial charge < -0.3 is 20.1 Å². The van der Waals surface area contributed by atoms with Crippen molar-refractivity contribution >= 4 is 0 Å². The molecule has 0 aromatic rings. The van der Waals surface area contributed by atoms with Crippen molar-refractivity contribution < 1.29 is 20.1 Å². The van der Waals surface area contributed by atoms with Crippen molar-refractivity contribution in [1.29, 1.82) is 0 Å². The fourth-order valence-corrected chi connectivity index (χ4v) is 1.55. The molecule has 82 valence electrons. The van der Waals surface area contributed by atoms with Crippen molar-refractivity contribution in [2.75, 3.05) is 0 Å². The van der Waals surface area contributed by atoms with Crippen LogP contribution in [0.4, 0.5) is 0 Å². The van der Waals surface area contributed by atoms with E-state index >= 15 is 0 Å². The summed E-state index contributed by atoms with van der Waals surface area (Å²) in [6, 6.07) is 0. The number of hydrogen-bond acceptors (Lipinski definition) is 4. The van der Waals surface area contributed by atoms with Crippen LogP contribution in [-0.4, -0.2) is 45.8 Å². The standard InChI is InChI=1S/C10H18O4/c1-5(2)4-7-9(12)10(13)8(11)6(3)14-7/h4,6-13H,1-3H3/t6-,7-,8-,9-,10+/m0/s1. The average molecular weight is 202 g/mol. The van der Waals surface area contributed by atoms with Gasteiger partial charge in [0, 0.05) is 0 Å². The first-order chi connectivity index (χ1) is 6.43. The summed E-state index contributed by atoms with van der Waals surface area (Å²) in [5.41, 5.74) is 1.00. The van der Waals surface area contributed by atoms with Crippen LogP contribution in [0, 0.1) is 0 Å². The van der Waals surface area contributed by atoms with Gasteiger partial charge in [0.2, 0.25) is 0 Å². The molecule has 1 heterocycles. The Morgan fingerprint density at radius 2 is 1.64 bits per heavy atom. The van der Waals surface area contributed by atoms with Crippen LogP contribution in [0.2, 0.25) is 0 Å². The molecule has 1 saturated heterocycles. The molecule has 0 amide bonds. The maximum Gasteiger partial charge on any atom is 0.112 e. The Kier molecular flexibility index (Phi) is 3.66. The highest BCUT2D eigenvalue weighted by Gasteiger charge is 2.40. The molecule has 4 heteroatoms. The largest absolute Gasteiger partial charge is 0.388 e. The van der Waals surface area contributed by atoms with Crippen molar-refractivity contribution in [1.82, 2.24) is 0 Å². The molecular weight excluding hydrogens is 184 g/mol. The van der Waals surface area contributed by atoms with Gasteiger partial charge in [0.05, 0.1) is 6.10 Å². The summed E-state index contributed by atoms with van der Waals surface area (Å²) in [5.74, 6) is 0. The van der Waals surface area contributed by atoms with E-state index in [0.29, 0.717) is 0 Å². The molecule has 1 rings (SSSR count). The molecule has 14 heavy (non-hydrogen) atoms. The minimum Gasteiger partial charge on any atom is -0.388 e. The van der Waals surface area contributed by atoms with E-state index in [9.17, 15) is 15.3 Å². The summed E-state index contributed by atoms with van der Waals surface area (Å²) in [4.78, 5) is 0. The normalized spacial score (nSPS) is 43.4. The van der Waals surface area contributed by atoms with E-state index in [4.69, 9.17) is 4.74 Å². The second-order valence-corrected chi connectivity index (χ2v) is 4.02. The monoisotopic (exact) mass is 202 g/mol. The molecule has 1 aliphatic rings. The minimum absolute atomic E-state index is 0.464. The van der Waals surface area contributed by atoms with Crippen LogP contribution in [0.15, 0.2) is 11.6 Å². The van der Waals surface area contributed by atoms with E-state index in [1.165, 1.54) is 0 Å². The van der Waals surface area contributed by atoms with Crippen LogP contribution in [0.3, 0.4) is 0 Å². The predicted molar refractivity (Wildman–Crippen MR) is 51.8 cm³/mol. The quantitative estimate of drug-likeness (QED) is 0.516. The van der Waals surface area contributed by atoms with E-state index < -0.39 is 30.5 Å². The second-order valence-electron chi connectivity index (χ2n) is 4.02. The predicted octanol–water partition coefficient (Wildman–Crippen LogP) is -0.177. The number of allylic oxidation sites excluding steroid dienone is 1. The van der Waals surface area contributed by atoms with Gasteiger partial charge in [0.1, 0.15) is 24.4 Å². The summed E-state index contributed by atoms with van der Waals surface area (Å²) < 4.78 is 5.36. The summed E-state index contributed by atoms with van der Waals surface area (Å²) in [6.07, 6.45) is -2.47.